The highest BCUT2D eigenvalue weighted by Crippen LogP contribution is 2.25. The Morgan fingerprint density at radius 2 is 2.05 bits per heavy atom. The number of carbonyl (C=O) groups is 1. The van der Waals surface area contributed by atoms with Crippen molar-refractivity contribution in [2.45, 2.75) is 19.8 Å². The summed E-state index contributed by atoms with van der Waals surface area (Å²) < 4.78 is 0. The summed E-state index contributed by atoms with van der Waals surface area (Å²) >= 11 is 11.7. The number of amides is 2. The standard InChI is InChI=1S/C13H18Cl2N2O2/c1-2-3-6-17(7-8-18)13(19)16-10-4-5-11(14)12(15)9-10/h4-5,9,18H,2-3,6-8H2,1H3,(H,16,19). The third-order valence-electron chi connectivity index (χ3n) is 2.61. The van der Waals surface area contributed by atoms with Crippen molar-refractivity contribution in [3.63, 3.8) is 0 Å². The zero-order chi connectivity index (χ0) is 14.3. The summed E-state index contributed by atoms with van der Waals surface area (Å²) in [5, 5.41) is 12.5. The van der Waals surface area contributed by atoms with E-state index in [2.05, 4.69) is 5.32 Å². The molecule has 1 rings (SSSR count). The Hall–Kier alpha value is -0.970. The molecular formula is C13H18Cl2N2O2. The van der Waals surface area contributed by atoms with E-state index >= 15 is 0 Å². The summed E-state index contributed by atoms with van der Waals surface area (Å²) in [5.41, 5.74) is 0.582. The van der Waals surface area contributed by atoms with Crippen molar-refractivity contribution in [1.29, 1.82) is 0 Å². The van der Waals surface area contributed by atoms with Gasteiger partial charge in [0.05, 0.1) is 16.7 Å². The van der Waals surface area contributed by atoms with Crippen LogP contribution in [0.25, 0.3) is 0 Å². The van der Waals surface area contributed by atoms with Crippen LogP contribution in [0.4, 0.5) is 10.5 Å². The molecule has 0 bridgehead atoms. The van der Waals surface area contributed by atoms with Crippen molar-refractivity contribution < 1.29 is 9.90 Å². The Balaban J connectivity index is 2.66. The van der Waals surface area contributed by atoms with Gasteiger partial charge >= 0.3 is 6.03 Å². The number of halogens is 2. The third kappa shape index (κ3) is 5.27. The number of carbonyl (C=O) groups excluding carboxylic acids is 1. The zero-order valence-electron chi connectivity index (χ0n) is 10.8. The molecule has 0 aliphatic carbocycles. The number of nitrogens with one attached hydrogen (secondary N) is 1. The average molecular weight is 305 g/mol. The molecule has 0 heterocycles. The van der Waals surface area contributed by atoms with E-state index in [9.17, 15) is 4.79 Å². The predicted molar refractivity (Wildman–Crippen MR) is 79.0 cm³/mol. The van der Waals surface area contributed by atoms with E-state index in [1.807, 2.05) is 6.92 Å². The molecule has 6 heteroatoms. The van der Waals surface area contributed by atoms with Crippen molar-refractivity contribution in [3.05, 3.63) is 28.2 Å². The summed E-state index contributed by atoms with van der Waals surface area (Å²) in [7, 11) is 0. The molecule has 0 unspecified atom stereocenters. The fraction of sp³-hybridized carbons (Fsp3) is 0.462. The fourth-order valence-electron chi connectivity index (χ4n) is 1.56. The number of nitrogens with zero attached hydrogens (tertiary/aromatic N) is 1. The van der Waals surface area contributed by atoms with E-state index in [1.54, 1.807) is 23.1 Å². The van der Waals surface area contributed by atoms with Crippen LogP contribution < -0.4 is 5.32 Å². The number of rotatable bonds is 6. The molecule has 0 radical (unpaired) electrons. The minimum absolute atomic E-state index is 0.0570. The third-order valence-corrected chi connectivity index (χ3v) is 3.35. The second-order valence-corrected chi connectivity index (χ2v) is 4.94. The summed E-state index contributed by atoms with van der Waals surface area (Å²) in [6.45, 7) is 2.92. The van der Waals surface area contributed by atoms with Crippen LogP contribution >= 0.6 is 23.2 Å². The number of benzene rings is 1. The maximum Gasteiger partial charge on any atom is 0.321 e. The molecule has 0 spiro atoms. The van der Waals surface area contributed by atoms with Gasteiger partial charge < -0.3 is 15.3 Å². The summed E-state index contributed by atoms with van der Waals surface area (Å²) in [6, 6.07) is 4.66. The van der Waals surface area contributed by atoms with E-state index in [1.165, 1.54) is 0 Å². The molecule has 1 aromatic rings. The SMILES string of the molecule is CCCCN(CCO)C(=O)Nc1ccc(Cl)c(Cl)c1. The molecule has 0 saturated carbocycles. The fourth-order valence-corrected chi connectivity index (χ4v) is 1.86. The molecule has 2 N–H and O–H groups in total. The molecule has 0 aliphatic heterocycles. The highest BCUT2D eigenvalue weighted by molar-refractivity contribution is 6.42. The van der Waals surface area contributed by atoms with Gasteiger partial charge in [-0.3, -0.25) is 0 Å². The Kier molecular flexibility index (Phi) is 6.99. The minimum Gasteiger partial charge on any atom is -0.395 e. The van der Waals surface area contributed by atoms with Crippen LogP contribution in [-0.4, -0.2) is 35.7 Å². The van der Waals surface area contributed by atoms with Gasteiger partial charge in [-0.25, -0.2) is 4.79 Å². The van der Waals surface area contributed by atoms with E-state index < -0.39 is 0 Å². The smallest absolute Gasteiger partial charge is 0.321 e. The van der Waals surface area contributed by atoms with Gasteiger partial charge in [0.25, 0.3) is 0 Å². The van der Waals surface area contributed by atoms with E-state index in [0.717, 1.165) is 12.8 Å². The lowest BCUT2D eigenvalue weighted by molar-refractivity contribution is 0.187. The molecule has 0 atom stereocenters. The normalized spacial score (nSPS) is 10.3. The number of urea groups is 1. The number of hydrogen-bond donors (Lipinski definition) is 2. The predicted octanol–water partition coefficient (Wildman–Crippen LogP) is 3.62. The number of unbranched alkanes of at least 4 members (excludes halogenated alkanes) is 1. The van der Waals surface area contributed by atoms with Gasteiger partial charge in [-0.2, -0.15) is 0 Å². The maximum absolute atomic E-state index is 12.0. The first kappa shape index (κ1) is 16.1. The van der Waals surface area contributed by atoms with Gasteiger partial charge in [-0.05, 0) is 24.6 Å². The minimum atomic E-state index is -0.249. The number of aliphatic hydroxyl groups is 1. The van der Waals surface area contributed by atoms with Gasteiger partial charge in [-0.15, -0.1) is 0 Å². The average Bonchev–Trinajstić information content (AvgIpc) is 2.38. The zero-order valence-corrected chi connectivity index (χ0v) is 12.3. The van der Waals surface area contributed by atoms with Crippen LogP contribution in [0, 0.1) is 0 Å². The molecule has 0 saturated heterocycles. The summed E-state index contributed by atoms with van der Waals surface area (Å²) in [5.74, 6) is 0. The van der Waals surface area contributed by atoms with Crippen molar-refractivity contribution >= 4 is 34.9 Å². The van der Waals surface area contributed by atoms with Crippen LogP contribution in [-0.2, 0) is 0 Å². The molecule has 4 nitrogen and oxygen atoms in total. The monoisotopic (exact) mass is 304 g/mol. The number of hydrogen-bond acceptors (Lipinski definition) is 2. The van der Waals surface area contributed by atoms with E-state index in [4.69, 9.17) is 28.3 Å². The first-order chi connectivity index (χ1) is 9.08. The Morgan fingerprint density at radius 3 is 2.63 bits per heavy atom. The molecule has 106 valence electrons. The van der Waals surface area contributed by atoms with Gasteiger partial charge in [0.15, 0.2) is 0 Å². The van der Waals surface area contributed by atoms with Crippen molar-refractivity contribution in [1.82, 2.24) is 4.90 Å². The van der Waals surface area contributed by atoms with Crippen molar-refractivity contribution in [3.8, 4) is 0 Å². The maximum atomic E-state index is 12.0. The van der Waals surface area contributed by atoms with E-state index in [0.29, 0.717) is 28.8 Å². The quantitative estimate of drug-likeness (QED) is 0.843. The Morgan fingerprint density at radius 1 is 1.32 bits per heavy atom. The first-order valence-corrected chi connectivity index (χ1v) is 6.96. The van der Waals surface area contributed by atoms with Crippen molar-refractivity contribution in [2.75, 3.05) is 25.0 Å². The molecular weight excluding hydrogens is 287 g/mol. The van der Waals surface area contributed by atoms with Crippen LogP contribution in [0.15, 0.2) is 18.2 Å². The van der Waals surface area contributed by atoms with Crippen LogP contribution in [0.1, 0.15) is 19.8 Å². The van der Waals surface area contributed by atoms with Crippen LogP contribution in [0.2, 0.25) is 10.0 Å². The topological polar surface area (TPSA) is 52.6 Å². The highest BCUT2D eigenvalue weighted by Gasteiger charge is 2.12. The first-order valence-electron chi connectivity index (χ1n) is 6.20. The lowest BCUT2D eigenvalue weighted by Crippen LogP contribution is -2.37. The highest BCUT2D eigenvalue weighted by atomic mass is 35.5. The summed E-state index contributed by atoms with van der Waals surface area (Å²) in [6.07, 6.45) is 1.89. The second kappa shape index (κ2) is 8.25. The van der Waals surface area contributed by atoms with Gasteiger partial charge in [0.1, 0.15) is 0 Å². The van der Waals surface area contributed by atoms with Gasteiger partial charge in [0, 0.05) is 18.8 Å². The molecule has 1 aromatic carbocycles. The molecule has 0 fully saturated rings. The summed E-state index contributed by atoms with van der Waals surface area (Å²) in [4.78, 5) is 13.6. The van der Waals surface area contributed by atoms with E-state index in [-0.39, 0.29) is 12.6 Å². The van der Waals surface area contributed by atoms with Crippen LogP contribution in [0.3, 0.4) is 0 Å². The van der Waals surface area contributed by atoms with Crippen LogP contribution in [0.5, 0.6) is 0 Å². The van der Waals surface area contributed by atoms with Gasteiger partial charge in [0.2, 0.25) is 0 Å². The Bertz CT molecular complexity index is 427. The lowest BCUT2D eigenvalue weighted by Gasteiger charge is -2.22. The van der Waals surface area contributed by atoms with Gasteiger partial charge in [-0.1, -0.05) is 36.5 Å². The van der Waals surface area contributed by atoms with Crippen molar-refractivity contribution in [2.24, 2.45) is 0 Å². The largest absolute Gasteiger partial charge is 0.395 e. The molecule has 0 aliphatic rings. The Labute approximate surface area is 123 Å². The second-order valence-electron chi connectivity index (χ2n) is 4.12. The number of aliphatic hydroxyl groups excluding tert-OH is 1. The molecule has 19 heavy (non-hydrogen) atoms. The lowest BCUT2D eigenvalue weighted by atomic mass is 10.3. The molecule has 0 aromatic heterocycles. The number of anilines is 1. The molecule has 2 amide bonds.